The molecule has 3 rings (SSSR count). The predicted molar refractivity (Wildman–Crippen MR) is 105 cm³/mol. The zero-order valence-electron chi connectivity index (χ0n) is 16.7. The largest absolute Gasteiger partial charge is 0.456 e. The van der Waals surface area contributed by atoms with E-state index in [1.54, 1.807) is 12.1 Å². The smallest absolute Gasteiger partial charge is 0.303 e. The van der Waals surface area contributed by atoms with Crippen LogP contribution >= 0.6 is 11.8 Å². The van der Waals surface area contributed by atoms with Gasteiger partial charge in [-0.2, -0.15) is 0 Å². The van der Waals surface area contributed by atoms with Crippen LogP contribution in [0.1, 0.15) is 41.5 Å². The van der Waals surface area contributed by atoms with E-state index < -0.39 is 60.2 Å². The number of carbonyl (C=O) groups excluding carboxylic acids is 4. The molecule has 0 radical (unpaired) electrons. The first-order valence-corrected chi connectivity index (χ1v) is 10.5. The van der Waals surface area contributed by atoms with Gasteiger partial charge in [-0.1, -0.05) is 19.1 Å². The number of amides is 2. The van der Waals surface area contributed by atoms with Crippen LogP contribution in [0.2, 0.25) is 0 Å². The van der Waals surface area contributed by atoms with Gasteiger partial charge in [0.1, 0.15) is 24.3 Å². The lowest BCUT2D eigenvalue weighted by molar-refractivity contribution is -0.211. The summed E-state index contributed by atoms with van der Waals surface area (Å²) in [5.41, 5.74) is -0.462. The molecule has 0 aromatic heterocycles. The molecule has 0 aliphatic carbocycles. The van der Waals surface area contributed by atoms with Crippen molar-refractivity contribution < 1.29 is 37.8 Å². The van der Waals surface area contributed by atoms with Gasteiger partial charge >= 0.3 is 11.9 Å². The Labute approximate surface area is 177 Å². The Bertz CT molecular complexity index is 828. The fourth-order valence-electron chi connectivity index (χ4n) is 3.73. The standard InChI is InChI=1S/C20H22FNO7S/c1-4-30-20-15(22-18(25)12-7-5-6-8-13(12)19(22)26)17(28-11(3)24)16(27-10(2)23)14(9-21)29-20/h5-8,14-17,20H,4,9H2,1-3H3/t14?,15-,16-,17+,20?/m0/s1. The highest BCUT2D eigenvalue weighted by Gasteiger charge is 2.56. The second-order valence-electron chi connectivity index (χ2n) is 6.82. The molecule has 1 aromatic rings. The Morgan fingerprint density at radius 3 is 2.07 bits per heavy atom. The van der Waals surface area contributed by atoms with Gasteiger partial charge in [-0.15, -0.1) is 11.8 Å². The Hall–Kier alpha value is -2.46. The van der Waals surface area contributed by atoms with Gasteiger partial charge < -0.3 is 14.2 Å². The Kier molecular flexibility index (Phi) is 6.77. The molecule has 8 nitrogen and oxygen atoms in total. The van der Waals surface area contributed by atoms with Crippen molar-refractivity contribution in [3.63, 3.8) is 0 Å². The number of rotatable bonds is 6. The molecule has 2 aliphatic heterocycles. The predicted octanol–water partition coefficient (Wildman–Crippen LogP) is 1.96. The number of benzene rings is 1. The van der Waals surface area contributed by atoms with Crippen LogP contribution in [0.15, 0.2) is 24.3 Å². The summed E-state index contributed by atoms with van der Waals surface area (Å²) >= 11 is 1.23. The topological polar surface area (TPSA) is 99.2 Å². The van der Waals surface area contributed by atoms with Gasteiger partial charge in [0, 0.05) is 13.8 Å². The van der Waals surface area contributed by atoms with Crippen LogP contribution in [0.4, 0.5) is 4.39 Å². The fraction of sp³-hybridized carbons (Fsp3) is 0.500. The summed E-state index contributed by atoms with van der Waals surface area (Å²) in [6.07, 6.45) is -3.82. The maximum atomic E-state index is 13.8. The molecule has 0 spiro atoms. The first-order valence-electron chi connectivity index (χ1n) is 9.44. The number of hydrogen-bond donors (Lipinski definition) is 0. The van der Waals surface area contributed by atoms with Gasteiger partial charge in [-0.3, -0.25) is 24.1 Å². The SMILES string of the molecule is CCSC1OC(CF)[C@H](OC(C)=O)[C@H](OC(C)=O)[C@@H]1N1C(=O)c2ccccc2C1=O. The highest BCUT2D eigenvalue weighted by atomic mass is 32.2. The summed E-state index contributed by atoms with van der Waals surface area (Å²) in [6, 6.07) is 5.20. The molecule has 0 N–H and O–H groups in total. The summed E-state index contributed by atoms with van der Waals surface area (Å²) in [5.74, 6) is -2.10. The summed E-state index contributed by atoms with van der Waals surface area (Å²) in [6.45, 7) is 3.10. The number of imide groups is 1. The molecule has 2 unspecified atom stereocenters. The summed E-state index contributed by atoms with van der Waals surface area (Å²) in [5, 5.41) is 0. The lowest BCUT2D eigenvalue weighted by atomic mass is 9.96. The summed E-state index contributed by atoms with van der Waals surface area (Å²) in [4.78, 5) is 50.6. The van der Waals surface area contributed by atoms with Crippen LogP contribution in [0.3, 0.4) is 0 Å². The van der Waals surface area contributed by atoms with E-state index in [2.05, 4.69) is 0 Å². The van der Waals surface area contributed by atoms with Crippen molar-refractivity contribution >= 4 is 35.5 Å². The van der Waals surface area contributed by atoms with Gasteiger partial charge in [0.15, 0.2) is 12.2 Å². The third kappa shape index (κ3) is 4.06. The molecule has 2 aliphatic rings. The van der Waals surface area contributed by atoms with Crippen LogP contribution in [-0.2, 0) is 23.8 Å². The van der Waals surface area contributed by atoms with Crippen molar-refractivity contribution in [1.29, 1.82) is 0 Å². The number of ether oxygens (including phenoxy) is 3. The second kappa shape index (κ2) is 9.13. The molecule has 30 heavy (non-hydrogen) atoms. The molecule has 1 fully saturated rings. The number of halogens is 1. The molecule has 0 bridgehead atoms. The van der Waals surface area contributed by atoms with E-state index in [4.69, 9.17) is 14.2 Å². The lowest BCUT2D eigenvalue weighted by Gasteiger charge is -2.46. The first-order chi connectivity index (χ1) is 14.3. The van der Waals surface area contributed by atoms with E-state index in [1.807, 2.05) is 6.92 Å². The quantitative estimate of drug-likeness (QED) is 0.490. The Morgan fingerprint density at radius 1 is 1.07 bits per heavy atom. The van der Waals surface area contributed by atoms with Crippen molar-refractivity contribution in [2.24, 2.45) is 0 Å². The maximum absolute atomic E-state index is 13.8. The fourth-order valence-corrected chi connectivity index (χ4v) is 4.75. The minimum atomic E-state index is -1.32. The summed E-state index contributed by atoms with van der Waals surface area (Å²) in [7, 11) is 0. The zero-order valence-corrected chi connectivity index (χ0v) is 17.5. The van der Waals surface area contributed by atoms with E-state index in [1.165, 1.54) is 23.9 Å². The number of fused-ring (bicyclic) bond motifs is 1. The molecule has 162 valence electrons. The zero-order chi connectivity index (χ0) is 22.0. The second-order valence-corrected chi connectivity index (χ2v) is 8.19. The van der Waals surface area contributed by atoms with E-state index in [-0.39, 0.29) is 11.1 Å². The van der Waals surface area contributed by atoms with Crippen molar-refractivity contribution in [2.45, 2.75) is 50.6 Å². The molecule has 1 aromatic carbocycles. The molecule has 2 heterocycles. The van der Waals surface area contributed by atoms with Crippen LogP contribution in [0.5, 0.6) is 0 Å². The van der Waals surface area contributed by atoms with Gasteiger partial charge in [-0.25, -0.2) is 4.39 Å². The van der Waals surface area contributed by atoms with Crippen molar-refractivity contribution in [3.05, 3.63) is 35.4 Å². The van der Waals surface area contributed by atoms with Crippen molar-refractivity contribution in [1.82, 2.24) is 4.90 Å². The monoisotopic (exact) mass is 439 g/mol. The van der Waals surface area contributed by atoms with Gasteiger partial charge in [-0.05, 0) is 17.9 Å². The minimum Gasteiger partial charge on any atom is -0.456 e. The van der Waals surface area contributed by atoms with Crippen LogP contribution in [0.25, 0.3) is 0 Å². The molecule has 2 amide bonds. The van der Waals surface area contributed by atoms with Crippen LogP contribution < -0.4 is 0 Å². The molecule has 0 saturated carbocycles. The number of thioether (sulfide) groups is 1. The molecule has 1 saturated heterocycles. The number of esters is 2. The van der Waals surface area contributed by atoms with Crippen LogP contribution in [0, 0.1) is 0 Å². The number of hydrogen-bond acceptors (Lipinski definition) is 8. The van der Waals surface area contributed by atoms with E-state index in [0.717, 1.165) is 18.7 Å². The van der Waals surface area contributed by atoms with E-state index >= 15 is 0 Å². The highest BCUT2D eigenvalue weighted by Crippen LogP contribution is 2.38. The molecule has 5 atom stereocenters. The van der Waals surface area contributed by atoms with E-state index in [0.29, 0.717) is 5.75 Å². The van der Waals surface area contributed by atoms with Crippen molar-refractivity contribution in [2.75, 3.05) is 12.4 Å². The van der Waals surface area contributed by atoms with Gasteiger partial charge in [0.2, 0.25) is 0 Å². The van der Waals surface area contributed by atoms with Crippen molar-refractivity contribution in [3.8, 4) is 0 Å². The van der Waals surface area contributed by atoms with Gasteiger partial charge in [0.25, 0.3) is 11.8 Å². The number of carbonyl (C=O) groups is 4. The molecule has 10 heteroatoms. The van der Waals surface area contributed by atoms with Crippen LogP contribution in [-0.4, -0.2) is 70.9 Å². The Balaban J connectivity index is 2.08. The third-order valence-corrected chi connectivity index (χ3v) is 5.88. The minimum absolute atomic E-state index is 0.209. The molecular weight excluding hydrogens is 417 g/mol. The average molecular weight is 439 g/mol. The number of alkyl halides is 1. The van der Waals surface area contributed by atoms with E-state index in [9.17, 15) is 23.6 Å². The first kappa shape index (κ1) is 22.2. The molecular formula is C20H22FNO7S. The Morgan fingerprint density at radius 2 is 1.60 bits per heavy atom. The van der Waals surface area contributed by atoms with Gasteiger partial charge in [0.05, 0.1) is 11.1 Å². The normalized spacial score (nSPS) is 28.3. The lowest BCUT2D eigenvalue weighted by Crippen LogP contribution is -2.66. The summed E-state index contributed by atoms with van der Waals surface area (Å²) < 4.78 is 30.2. The third-order valence-electron chi connectivity index (χ3n) is 4.83. The highest BCUT2D eigenvalue weighted by molar-refractivity contribution is 7.99. The number of nitrogens with zero attached hydrogens (tertiary/aromatic N) is 1. The average Bonchev–Trinajstić information content (AvgIpc) is 2.94. The maximum Gasteiger partial charge on any atom is 0.303 e.